The number of aryl methyl sites for hydroxylation is 1. The summed E-state index contributed by atoms with van der Waals surface area (Å²) in [6.45, 7) is 3.14. The monoisotopic (exact) mass is 234 g/mol. The van der Waals surface area contributed by atoms with E-state index in [1.54, 1.807) is 0 Å². The van der Waals surface area contributed by atoms with Gasteiger partial charge in [-0.15, -0.1) is 0 Å². The summed E-state index contributed by atoms with van der Waals surface area (Å²) in [7, 11) is 0. The molecule has 2 unspecified atom stereocenters. The minimum atomic E-state index is 0.00871. The lowest BCUT2D eigenvalue weighted by Crippen LogP contribution is -2.32. The maximum Gasteiger partial charge on any atom is 0.0625 e. The molecule has 2 rings (SSSR count). The Morgan fingerprint density at radius 2 is 2.12 bits per heavy atom. The van der Waals surface area contributed by atoms with E-state index in [9.17, 15) is 5.11 Å². The number of rotatable bonds is 5. The molecule has 1 N–H and O–H groups in total. The van der Waals surface area contributed by atoms with Crippen molar-refractivity contribution in [3.8, 4) is 0 Å². The normalized spacial score (nSPS) is 28.5. The third-order valence-corrected chi connectivity index (χ3v) is 4.13. The fourth-order valence-corrected chi connectivity index (χ4v) is 2.72. The molecule has 0 saturated carbocycles. The van der Waals surface area contributed by atoms with Crippen LogP contribution >= 0.6 is 0 Å². The zero-order valence-electron chi connectivity index (χ0n) is 10.6. The van der Waals surface area contributed by atoms with Crippen molar-refractivity contribution >= 4 is 0 Å². The molecule has 1 aliphatic rings. The summed E-state index contributed by atoms with van der Waals surface area (Å²) in [5, 5.41) is 9.60. The van der Waals surface area contributed by atoms with Gasteiger partial charge in [0.1, 0.15) is 0 Å². The van der Waals surface area contributed by atoms with Crippen LogP contribution in [0.15, 0.2) is 30.3 Å². The summed E-state index contributed by atoms with van der Waals surface area (Å²) in [5.74, 6) is 0. The molecular formula is C15H22O2. The van der Waals surface area contributed by atoms with Gasteiger partial charge in [-0.05, 0) is 38.2 Å². The zero-order valence-corrected chi connectivity index (χ0v) is 10.6. The second-order valence-corrected chi connectivity index (χ2v) is 5.12. The van der Waals surface area contributed by atoms with Gasteiger partial charge in [0.15, 0.2) is 0 Å². The van der Waals surface area contributed by atoms with Crippen LogP contribution in [0.2, 0.25) is 0 Å². The first-order chi connectivity index (χ1) is 8.27. The topological polar surface area (TPSA) is 29.5 Å². The second kappa shape index (κ2) is 5.65. The number of aliphatic hydroxyl groups excluding tert-OH is 1. The summed E-state index contributed by atoms with van der Waals surface area (Å²) in [6.07, 6.45) is 4.47. The predicted octanol–water partition coefficient (Wildman–Crippen LogP) is 2.80. The van der Waals surface area contributed by atoms with Crippen LogP contribution < -0.4 is 0 Å². The highest BCUT2D eigenvalue weighted by Gasteiger charge is 2.40. The van der Waals surface area contributed by atoms with Gasteiger partial charge in [-0.1, -0.05) is 30.3 Å². The molecule has 1 aromatic carbocycles. The molecule has 1 heterocycles. The van der Waals surface area contributed by atoms with E-state index >= 15 is 0 Å². The van der Waals surface area contributed by atoms with E-state index in [-0.39, 0.29) is 18.1 Å². The van der Waals surface area contributed by atoms with Gasteiger partial charge in [0, 0.05) is 12.0 Å². The fraction of sp³-hybridized carbons (Fsp3) is 0.600. The van der Waals surface area contributed by atoms with E-state index in [0.29, 0.717) is 0 Å². The van der Waals surface area contributed by atoms with Gasteiger partial charge >= 0.3 is 0 Å². The summed E-state index contributed by atoms with van der Waals surface area (Å²) >= 11 is 0. The average Bonchev–Trinajstić information content (AvgIpc) is 2.73. The van der Waals surface area contributed by atoms with Crippen LogP contribution in [-0.2, 0) is 11.2 Å². The molecule has 94 valence electrons. The number of ether oxygens (including phenoxy) is 1. The highest BCUT2D eigenvalue weighted by atomic mass is 16.5. The molecular weight excluding hydrogens is 212 g/mol. The first-order valence-electron chi connectivity index (χ1n) is 6.53. The second-order valence-electron chi connectivity index (χ2n) is 5.12. The van der Waals surface area contributed by atoms with Crippen LogP contribution in [0.3, 0.4) is 0 Å². The molecule has 1 aromatic rings. The van der Waals surface area contributed by atoms with Crippen molar-refractivity contribution < 1.29 is 9.84 Å². The number of aliphatic hydroxyl groups is 1. The van der Waals surface area contributed by atoms with Gasteiger partial charge in [-0.2, -0.15) is 0 Å². The standard InChI is InChI=1S/C15H22O2/c1-13-15(12-16,10-11-17-13)9-5-8-14-6-3-2-4-7-14/h2-4,6-7,13,16H,5,8-12H2,1H3. The van der Waals surface area contributed by atoms with Gasteiger partial charge < -0.3 is 9.84 Å². The molecule has 1 fully saturated rings. The Hall–Kier alpha value is -0.860. The summed E-state index contributed by atoms with van der Waals surface area (Å²) < 4.78 is 5.60. The summed E-state index contributed by atoms with van der Waals surface area (Å²) in [6, 6.07) is 10.5. The molecule has 0 radical (unpaired) electrons. The molecule has 2 heteroatoms. The lowest BCUT2D eigenvalue weighted by Gasteiger charge is -2.30. The molecule has 0 aliphatic carbocycles. The quantitative estimate of drug-likeness (QED) is 0.849. The SMILES string of the molecule is CC1OCCC1(CO)CCCc1ccccc1. The van der Waals surface area contributed by atoms with Crippen molar-refractivity contribution in [1.29, 1.82) is 0 Å². The van der Waals surface area contributed by atoms with Crippen molar-refractivity contribution in [3.63, 3.8) is 0 Å². The van der Waals surface area contributed by atoms with Gasteiger partial charge in [-0.3, -0.25) is 0 Å². The van der Waals surface area contributed by atoms with Crippen molar-refractivity contribution in [1.82, 2.24) is 0 Å². The summed E-state index contributed by atoms with van der Waals surface area (Å²) in [5.41, 5.74) is 1.39. The van der Waals surface area contributed by atoms with E-state index in [0.717, 1.165) is 32.3 Å². The van der Waals surface area contributed by atoms with Gasteiger partial charge in [0.05, 0.1) is 12.7 Å². The van der Waals surface area contributed by atoms with Crippen LogP contribution in [0.4, 0.5) is 0 Å². The summed E-state index contributed by atoms with van der Waals surface area (Å²) in [4.78, 5) is 0. The Balaban J connectivity index is 1.85. The van der Waals surface area contributed by atoms with Crippen molar-refractivity contribution in [2.24, 2.45) is 5.41 Å². The zero-order chi connectivity index (χ0) is 12.1. The molecule has 0 bridgehead atoms. The molecule has 0 spiro atoms. The van der Waals surface area contributed by atoms with E-state index in [2.05, 4.69) is 31.2 Å². The Labute approximate surface area is 104 Å². The van der Waals surface area contributed by atoms with Crippen molar-refractivity contribution in [3.05, 3.63) is 35.9 Å². The maximum absolute atomic E-state index is 9.60. The minimum absolute atomic E-state index is 0.00871. The number of hydrogen-bond acceptors (Lipinski definition) is 2. The fourth-order valence-electron chi connectivity index (χ4n) is 2.72. The highest BCUT2D eigenvalue weighted by molar-refractivity contribution is 5.14. The molecule has 1 saturated heterocycles. The third-order valence-electron chi connectivity index (χ3n) is 4.13. The van der Waals surface area contributed by atoms with Crippen LogP contribution in [0.25, 0.3) is 0 Å². The lowest BCUT2D eigenvalue weighted by atomic mass is 9.78. The maximum atomic E-state index is 9.60. The van der Waals surface area contributed by atoms with E-state index in [4.69, 9.17) is 4.74 Å². The first kappa shape index (κ1) is 12.6. The largest absolute Gasteiger partial charge is 0.396 e. The molecule has 2 atom stereocenters. The highest BCUT2D eigenvalue weighted by Crippen LogP contribution is 2.39. The van der Waals surface area contributed by atoms with E-state index < -0.39 is 0 Å². The predicted molar refractivity (Wildman–Crippen MR) is 68.9 cm³/mol. The Kier molecular flexibility index (Phi) is 4.19. The van der Waals surface area contributed by atoms with Gasteiger partial charge in [-0.25, -0.2) is 0 Å². The van der Waals surface area contributed by atoms with Crippen molar-refractivity contribution in [2.75, 3.05) is 13.2 Å². The van der Waals surface area contributed by atoms with Crippen LogP contribution in [-0.4, -0.2) is 24.4 Å². The average molecular weight is 234 g/mol. The van der Waals surface area contributed by atoms with Crippen LogP contribution in [0.5, 0.6) is 0 Å². The lowest BCUT2D eigenvalue weighted by molar-refractivity contribution is 0.0207. The molecule has 1 aliphatic heterocycles. The Bertz CT molecular complexity index is 336. The molecule has 0 amide bonds. The molecule has 17 heavy (non-hydrogen) atoms. The van der Waals surface area contributed by atoms with E-state index in [1.807, 2.05) is 6.07 Å². The first-order valence-corrected chi connectivity index (χ1v) is 6.53. The number of benzene rings is 1. The Morgan fingerprint density at radius 1 is 1.35 bits per heavy atom. The van der Waals surface area contributed by atoms with Gasteiger partial charge in [0.2, 0.25) is 0 Å². The van der Waals surface area contributed by atoms with Crippen molar-refractivity contribution in [2.45, 2.75) is 38.7 Å². The van der Waals surface area contributed by atoms with Crippen LogP contribution in [0, 0.1) is 5.41 Å². The van der Waals surface area contributed by atoms with Gasteiger partial charge in [0.25, 0.3) is 0 Å². The Morgan fingerprint density at radius 3 is 2.71 bits per heavy atom. The number of hydrogen-bond donors (Lipinski definition) is 1. The minimum Gasteiger partial charge on any atom is -0.396 e. The third kappa shape index (κ3) is 2.88. The van der Waals surface area contributed by atoms with Crippen LogP contribution in [0.1, 0.15) is 31.7 Å². The van der Waals surface area contributed by atoms with E-state index in [1.165, 1.54) is 5.56 Å². The molecule has 2 nitrogen and oxygen atoms in total. The molecule has 0 aromatic heterocycles. The smallest absolute Gasteiger partial charge is 0.0625 e.